The van der Waals surface area contributed by atoms with Crippen molar-refractivity contribution in [3.63, 3.8) is 0 Å². The number of ether oxygens (including phenoxy) is 2. The summed E-state index contributed by atoms with van der Waals surface area (Å²) in [5, 5.41) is 39.4. The lowest BCUT2D eigenvalue weighted by Crippen LogP contribution is -2.05. The first-order valence-electron chi connectivity index (χ1n) is 12.4. The standard InChI is InChI=1S/C28H27N5O8S/c1-16-12-24(25(40-3)15-23(16)31-30-19-4-7-21(8-5-19)41-11-10-34)32-33-27-26(42(37,38)39)14-18-13-20(29-17(2)35)6-9-22(18)28(27)36/h4-9,12-15,34,36H,10-11H2,1-3H3,(H,29,35)(H,37,38,39). The van der Waals surface area contributed by atoms with Gasteiger partial charge in [-0.05, 0) is 72.5 Å². The van der Waals surface area contributed by atoms with Gasteiger partial charge < -0.3 is 25.0 Å². The summed E-state index contributed by atoms with van der Waals surface area (Å²) in [5.41, 5.74) is 1.75. The van der Waals surface area contributed by atoms with Gasteiger partial charge in [0.1, 0.15) is 34.4 Å². The maximum atomic E-state index is 12.2. The number of hydrogen-bond acceptors (Lipinski definition) is 11. The molecule has 14 heteroatoms. The first-order chi connectivity index (χ1) is 20.0. The van der Waals surface area contributed by atoms with Gasteiger partial charge in [-0.15, -0.1) is 10.2 Å². The minimum atomic E-state index is -4.84. The number of hydrogen-bond donors (Lipinski definition) is 4. The number of phenolic OH excluding ortho intramolecular Hbond substituents is 1. The second-order valence-electron chi connectivity index (χ2n) is 8.94. The molecule has 42 heavy (non-hydrogen) atoms. The van der Waals surface area contributed by atoms with Crippen LogP contribution in [0.4, 0.5) is 28.4 Å². The number of fused-ring (bicyclic) bond motifs is 1. The molecule has 0 atom stereocenters. The van der Waals surface area contributed by atoms with Gasteiger partial charge >= 0.3 is 0 Å². The van der Waals surface area contributed by atoms with Gasteiger partial charge in [0, 0.05) is 24.1 Å². The highest BCUT2D eigenvalue weighted by atomic mass is 32.2. The highest BCUT2D eigenvalue weighted by Gasteiger charge is 2.22. The number of nitrogens with one attached hydrogen (secondary N) is 1. The smallest absolute Gasteiger partial charge is 0.296 e. The molecular formula is C28H27N5O8S. The summed E-state index contributed by atoms with van der Waals surface area (Å²) >= 11 is 0. The topological polar surface area (TPSA) is 192 Å². The average Bonchev–Trinajstić information content (AvgIpc) is 2.94. The lowest BCUT2D eigenvalue weighted by atomic mass is 10.1. The quantitative estimate of drug-likeness (QED) is 0.122. The molecule has 4 aromatic carbocycles. The van der Waals surface area contributed by atoms with Crippen LogP contribution in [0.1, 0.15) is 12.5 Å². The van der Waals surface area contributed by atoms with Gasteiger partial charge in [-0.25, -0.2) is 0 Å². The predicted octanol–water partition coefficient (Wildman–Crippen LogP) is 6.27. The summed E-state index contributed by atoms with van der Waals surface area (Å²) in [5.74, 6) is -0.0541. The number of aliphatic hydroxyl groups is 1. The Bertz CT molecular complexity index is 1810. The lowest BCUT2D eigenvalue weighted by Gasteiger charge is -2.11. The van der Waals surface area contributed by atoms with E-state index in [0.717, 1.165) is 6.07 Å². The number of aromatic hydroxyl groups is 1. The third-order valence-electron chi connectivity index (χ3n) is 5.87. The molecule has 0 aliphatic rings. The fraction of sp³-hybridized carbons (Fsp3) is 0.179. The number of azo groups is 2. The number of rotatable bonds is 10. The number of aliphatic hydroxyl groups excluding tert-OH is 1. The Morgan fingerprint density at radius 2 is 1.67 bits per heavy atom. The molecule has 218 valence electrons. The molecule has 0 aromatic heterocycles. The van der Waals surface area contributed by atoms with E-state index < -0.39 is 26.5 Å². The molecule has 0 bridgehead atoms. The highest BCUT2D eigenvalue weighted by molar-refractivity contribution is 7.86. The number of amides is 1. The van der Waals surface area contributed by atoms with Crippen molar-refractivity contribution in [3.05, 3.63) is 66.2 Å². The molecule has 4 N–H and O–H groups in total. The second-order valence-corrected chi connectivity index (χ2v) is 10.3. The van der Waals surface area contributed by atoms with Crippen LogP contribution >= 0.6 is 0 Å². The number of carbonyl (C=O) groups is 1. The van der Waals surface area contributed by atoms with Crippen molar-refractivity contribution in [3.8, 4) is 17.2 Å². The molecule has 1 amide bonds. The van der Waals surface area contributed by atoms with E-state index in [1.54, 1.807) is 43.3 Å². The van der Waals surface area contributed by atoms with Crippen molar-refractivity contribution in [2.75, 3.05) is 25.6 Å². The molecule has 0 aliphatic carbocycles. The number of phenols is 1. The largest absolute Gasteiger partial charge is 0.505 e. The fourth-order valence-corrected chi connectivity index (χ4v) is 4.58. The van der Waals surface area contributed by atoms with Crippen LogP contribution in [-0.4, -0.2) is 49.4 Å². The summed E-state index contributed by atoms with van der Waals surface area (Å²) in [6.45, 7) is 3.16. The molecule has 0 saturated heterocycles. The molecule has 13 nitrogen and oxygen atoms in total. The van der Waals surface area contributed by atoms with Crippen LogP contribution in [-0.2, 0) is 14.9 Å². The van der Waals surface area contributed by atoms with Crippen LogP contribution < -0.4 is 14.8 Å². The van der Waals surface area contributed by atoms with Gasteiger partial charge in [-0.1, -0.05) is 0 Å². The Morgan fingerprint density at radius 1 is 0.952 bits per heavy atom. The molecule has 0 spiro atoms. The Kier molecular flexibility index (Phi) is 9.10. The van der Waals surface area contributed by atoms with Gasteiger partial charge in [-0.2, -0.15) is 18.6 Å². The summed E-state index contributed by atoms with van der Waals surface area (Å²) in [6, 6.07) is 15.5. The minimum absolute atomic E-state index is 0.0922. The van der Waals surface area contributed by atoms with Crippen molar-refractivity contribution in [2.45, 2.75) is 18.7 Å². The number of nitrogens with zero attached hydrogens (tertiary/aromatic N) is 4. The molecule has 0 fully saturated rings. The van der Waals surface area contributed by atoms with E-state index in [0.29, 0.717) is 28.4 Å². The lowest BCUT2D eigenvalue weighted by molar-refractivity contribution is -0.114. The molecule has 0 unspecified atom stereocenters. The van der Waals surface area contributed by atoms with Crippen LogP contribution in [0, 0.1) is 6.92 Å². The zero-order valence-corrected chi connectivity index (χ0v) is 23.6. The van der Waals surface area contributed by atoms with E-state index in [1.807, 2.05) is 0 Å². The molecular weight excluding hydrogens is 566 g/mol. The van der Waals surface area contributed by atoms with Gasteiger partial charge in [0.25, 0.3) is 10.1 Å². The first-order valence-corrected chi connectivity index (χ1v) is 13.8. The van der Waals surface area contributed by atoms with Crippen LogP contribution in [0.25, 0.3) is 10.8 Å². The fourth-order valence-electron chi connectivity index (χ4n) is 3.93. The third-order valence-corrected chi connectivity index (χ3v) is 6.74. The number of benzene rings is 4. The molecule has 0 aliphatic heterocycles. The van der Waals surface area contributed by atoms with Gasteiger partial charge in [0.15, 0.2) is 5.75 Å². The van der Waals surface area contributed by atoms with Gasteiger partial charge in [0.2, 0.25) is 5.91 Å². The van der Waals surface area contributed by atoms with Crippen LogP contribution in [0.5, 0.6) is 17.2 Å². The average molecular weight is 594 g/mol. The molecule has 4 rings (SSSR count). The number of anilines is 1. The number of carbonyl (C=O) groups excluding carboxylic acids is 1. The zero-order valence-electron chi connectivity index (χ0n) is 22.8. The molecule has 0 heterocycles. The van der Waals surface area contributed by atoms with Crippen LogP contribution in [0.15, 0.2) is 86.0 Å². The van der Waals surface area contributed by atoms with E-state index in [2.05, 4.69) is 25.8 Å². The third kappa shape index (κ3) is 7.04. The maximum Gasteiger partial charge on any atom is 0.296 e. The van der Waals surface area contributed by atoms with Crippen molar-refractivity contribution >= 4 is 55.2 Å². The highest BCUT2D eigenvalue weighted by Crippen LogP contribution is 2.43. The van der Waals surface area contributed by atoms with E-state index in [-0.39, 0.29) is 41.3 Å². The van der Waals surface area contributed by atoms with E-state index in [9.17, 15) is 22.9 Å². The molecule has 4 aromatic rings. The van der Waals surface area contributed by atoms with Crippen molar-refractivity contribution in [2.24, 2.45) is 20.5 Å². The Morgan fingerprint density at radius 3 is 2.31 bits per heavy atom. The molecule has 0 radical (unpaired) electrons. The first kappa shape index (κ1) is 30.0. The number of methoxy groups -OCH3 is 1. The van der Waals surface area contributed by atoms with Gasteiger partial charge in [-0.3, -0.25) is 9.35 Å². The van der Waals surface area contributed by atoms with Crippen LogP contribution in [0.3, 0.4) is 0 Å². The van der Waals surface area contributed by atoms with Crippen molar-refractivity contribution in [1.29, 1.82) is 0 Å². The molecule has 0 saturated carbocycles. The van der Waals surface area contributed by atoms with Crippen molar-refractivity contribution < 1.29 is 37.5 Å². The Balaban J connectivity index is 1.69. The van der Waals surface area contributed by atoms with Crippen LogP contribution in [0.2, 0.25) is 0 Å². The Labute approximate surface area is 240 Å². The monoisotopic (exact) mass is 593 g/mol. The van der Waals surface area contributed by atoms with Gasteiger partial charge in [0.05, 0.1) is 25.1 Å². The summed E-state index contributed by atoms with van der Waals surface area (Å²) in [7, 11) is -3.44. The summed E-state index contributed by atoms with van der Waals surface area (Å²) in [4.78, 5) is 10.7. The number of aryl methyl sites for hydroxylation is 1. The van der Waals surface area contributed by atoms with E-state index >= 15 is 0 Å². The van der Waals surface area contributed by atoms with E-state index in [4.69, 9.17) is 14.6 Å². The Hall–Kier alpha value is -4.92. The summed E-state index contributed by atoms with van der Waals surface area (Å²) in [6.07, 6.45) is 0. The van der Waals surface area contributed by atoms with E-state index in [1.165, 1.54) is 32.2 Å². The normalized spacial score (nSPS) is 11.8. The predicted molar refractivity (Wildman–Crippen MR) is 155 cm³/mol. The second kappa shape index (κ2) is 12.7. The van der Waals surface area contributed by atoms with Crippen molar-refractivity contribution in [1.82, 2.24) is 0 Å². The zero-order chi connectivity index (χ0) is 30.4. The SMILES string of the molecule is COc1cc(N=Nc2ccc(OCCO)cc2)c(C)cc1N=Nc1c(S(=O)(=O)O)cc2cc(NC(C)=O)ccc2c1O. The maximum absolute atomic E-state index is 12.2. The summed E-state index contributed by atoms with van der Waals surface area (Å²) < 4.78 is 45.0. The minimum Gasteiger partial charge on any atom is -0.505 e.